The van der Waals surface area contributed by atoms with Gasteiger partial charge in [-0.1, -0.05) is 13.3 Å². The Morgan fingerprint density at radius 2 is 2.44 bits per heavy atom. The molecule has 0 saturated heterocycles. The Balaban J connectivity index is 2.14. The summed E-state index contributed by atoms with van der Waals surface area (Å²) in [5, 5.41) is 6.28. The third-order valence-electron chi connectivity index (χ3n) is 2.92. The summed E-state index contributed by atoms with van der Waals surface area (Å²) in [6.07, 6.45) is 3.36. The van der Waals surface area contributed by atoms with E-state index in [-0.39, 0.29) is 17.6 Å². The van der Waals surface area contributed by atoms with Crippen molar-refractivity contribution < 1.29 is 8.42 Å². The quantitative estimate of drug-likeness (QED) is 0.675. The highest BCUT2D eigenvalue weighted by Gasteiger charge is 2.39. The van der Waals surface area contributed by atoms with Gasteiger partial charge in [-0.05, 0) is 12.3 Å². The summed E-state index contributed by atoms with van der Waals surface area (Å²) < 4.78 is 26.5. The van der Waals surface area contributed by atoms with Crippen molar-refractivity contribution in [2.24, 2.45) is 11.7 Å². The summed E-state index contributed by atoms with van der Waals surface area (Å²) in [5.74, 6) is 0.471. The first kappa shape index (κ1) is 11.6. The molecule has 7 heteroatoms. The number of aromatic amines is 1. The molecule has 0 aromatic carbocycles. The molecular formula is C9H16N4O2S. The molecule has 0 aliphatic heterocycles. The highest BCUT2D eigenvalue weighted by atomic mass is 32.2. The first-order valence-electron chi connectivity index (χ1n) is 5.33. The molecule has 16 heavy (non-hydrogen) atoms. The maximum atomic E-state index is 11.9. The lowest BCUT2D eigenvalue weighted by Gasteiger charge is -2.05. The fraction of sp³-hybridized carbons (Fsp3) is 0.667. The summed E-state index contributed by atoms with van der Waals surface area (Å²) in [7, 11) is -3.49. The van der Waals surface area contributed by atoms with Crippen LogP contribution in [0.5, 0.6) is 0 Å². The van der Waals surface area contributed by atoms with Crippen molar-refractivity contribution in [1.29, 1.82) is 0 Å². The van der Waals surface area contributed by atoms with E-state index < -0.39 is 10.0 Å². The maximum Gasteiger partial charge on any atom is 0.258 e. The van der Waals surface area contributed by atoms with E-state index >= 15 is 0 Å². The fourth-order valence-electron chi connectivity index (χ4n) is 1.78. The van der Waals surface area contributed by atoms with Crippen molar-refractivity contribution >= 4 is 10.0 Å². The first-order valence-corrected chi connectivity index (χ1v) is 6.81. The minimum atomic E-state index is -3.49. The van der Waals surface area contributed by atoms with Crippen molar-refractivity contribution in [3.63, 3.8) is 0 Å². The smallest absolute Gasteiger partial charge is 0.258 e. The predicted molar refractivity (Wildman–Crippen MR) is 59.0 cm³/mol. The van der Waals surface area contributed by atoms with Gasteiger partial charge < -0.3 is 5.73 Å². The molecule has 1 heterocycles. The zero-order valence-corrected chi connectivity index (χ0v) is 9.92. The van der Waals surface area contributed by atoms with Crippen molar-refractivity contribution in [2.75, 3.05) is 0 Å². The number of rotatable bonds is 5. The van der Waals surface area contributed by atoms with Crippen LogP contribution in [-0.4, -0.2) is 24.7 Å². The summed E-state index contributed by atoms with van der Waals surface area (Å²) in [5.41, 5.74) is 5.95. The minimum absolute atomic E-state index is 0.0731. The number of aromatic nitrogens is 2. The number of nitrogens with two attached hydrogens (primary N) is 1. The highest BCUT2D eigenvalue weighted by Crippen LogP contribution is 2.34. The second-order valence-electron chi connectivity index (χ2n) is 4.06. The van der Waals surface area contributed by atoms with E-state index in [2.05, 4.69) is 21.8 Å². The van der Waals surface area contributed by atoms with Crippen molar-refractivity contribution in [3.8, 4) is 0 Å². The summed E-state index contributed by atoms with van der Waals surface area (Å²) in [6, 6.07) is 0.0731. The SMILES string of the molecule is CCC1CC1NS(=O)(=O)c1[nH]ncc1CN. The number of nitrogens with zero attached hydrogens (tertiary/aromatic N) is 1. The molecule has 2 rings (SSSR count). The largest absolute Gasteiger partial charge is 0.326 e. The van der Waals surface area contributed by atoms with Gasteiger partial charge in [0.15, 0.2) is 5.03 Å². The molecule has 4 N–H and O–H groups in total. The van der Waals surface area contributed by atoms with Crippen LogP contribution in [-0.2, 0) is 16.6 Å². The molecule has 1 saturated carbocycles. The van der Waals surface area contributed by atoms with Crippen molar-refractivity contribution in [2.45, 2.75) is 37.4 Å². The number of hydrogen-bond acceptors (Lipinski definition) is 4. The summed E-state index contributed by atoms with van der Waals surface area (Å²) >= 11 is 0. The van der Waals surface area contributed by atoms with Crippen LogP contribution in [0.15, 0.2) is 11.2 Å². The van der Waals surface area contributed by atoms with Gasteiger partial charge in [-0.15, -0.1) is 0 Å². The Hall–Kier alpha value is -0.920. The van der Waals surface area contributed by atoms with E-state index in [9.17, 15) is 8.42 Å². The molecular weight excluding hydrogens is 228 g/mol. The van der Waals surface area contributed by atoms with Gasteiger partial charge >= 0.3 is 0 Å². The van der Waals surface area contributed by atoms with Gasteiger partial charge in [-0.3, -0.25) is 5.10 Å². The van der Waals surface area contributed by atoms with E-state index in [1.807, 2.05) is 0 Å². The fourth-order valence-corrected chi connectivity index (χ4v) is 3.24. The third-order valence-corrected chi connectivity index (χ3v) is 4.42. The molecule has 0 bridgehead atoms. The Morgan fingerprint density at radius 3 is 3.00 bits per heavy atom. The summed E-state index contributed by atoms with van der Waals surface area (Å²) in [6.45, 7) is 2.22. The van der Waals surface area contributed by atoms with Crippen molar-refractivity contribution in [3.05, 3.63) is 11.8 Å². The van der Waals surface area contributed by atoms with Crippen LogP contribution in [0.1, 0.15) is 25.3 Å². The molecule has 6 nitrogen and oxygen atoms in total. The first-order chi connectivity index (χ1) is 7.58. The molecule has 1 aliphatic rings. The lowest BCUT2D eigenvalue weighted by molar-refractivity contribution is 0.570. The molecule has 1 aromatic rings. The molecule has 1 fully saturated rings. The summed E-state index contributed by atoms with van der Waals surface area (Å²) in [4.78, 5) is 0. The molecule has 0 spiro atoms. The van der Waals surface area contributed by atoms with Crippen LogP contribution in [0.3, 0.4) is 0 Å². The molecule has 1 aliphatic carbocycles. The predicted octanol–water partition coefficient (Wildman–Crippen LogP) is -0.0548. The number of sulfonamides is 1. The average Bonchev–Trinajstić information content (AvgIpc) is 2.80. The lowest BCUT2D eigenvalue weighted by atomic mass is 10.3. The van der Waals surface area contributed by atoms with Gasteiger partial charge in [-0.2, -0.15) is 5.10 Å². The lowest BCUT2D eigenvalue weighted by Crippen LogP contribution is -2.28. The van der Waals surface area contributed by atoms with Gasteiger partial charge in [0.25, 0.3) is 10.0 Å². The molecule has 0 amide bonds. The number of hydrogen-bond donors (Lipinski definition) is 3. The second-order valence-corrected chi connectivity index (χ2v) is 5.71. The van der Waals surface area contributed by atoms with E-state index in [4.69, 9.17) is 5.73 Å². The van der Waals surface area contributed by atoms with Gasteiger partial charge in [-0.25, -0.2) is 13.1 Å². The van der Waals surface area contributed by atoms with Gasteiger partial charge in [0.2, 0.25) is 0 Å². The number of nitrogens with one attached hydrogen (secondary N) is 2. The standard InChI is InChI=1S/C9H16N4O2S/c1-2-6-3-8(6)13-16(14,15)9-7(4-10)5-11-12-9/h5-6,8,13H,2-4,10H2,1H3,(H,11,12). The maximum absolute atomic E-state index is 11.9. The monoisotopic (exact) mass is 244 g/mol. The van der Waals surface area contributed by atoms with E-state index in [1.165, 1.54) is 6.20 Å². The van der Waals surface area contributed by atoms with Crippen LogP contribution in [0.25, 0.3) is 0 Å². The van der Waals surface area contributed by atoms with E-state index in [0.29, 0.717) is 11.5 Å². The zero-order chi connectivity index (χ0) is 11.8. The van der Waals surface area contributed by atoms with E-state index in [1.54, 1.807) is 0 Å². The normalized spacial score (nSPS) is 24.6. The second kappa shape index (κ2) is 4.15. The van der Waals surface area contributed by atoms with Crippen LogP contribution in [0, 0.1) is 5.92 Å². The molecule has 0 radical (unpaired) electrons. The zero-order valence-electron chi connectivity index (χ0n) is 9.10. The van der Waals surface area contributed by atoms with E-state index in [0.717, 1.165) is 12.8 Å². The Kier molecular flexibility index (Phi) is 3.00. The molecule has 2 atom stereocenters. The average molecular weight is 244 g/mol. The van der Waals surface area contributed by atoms with Gasteiger partial charge in [0.05, 0.1) is 6.20 Å². The Morgan fingerprint density at radius 1 is 1.69 bits per heavy atom. The molecule has 90 valence electrons. The molecule has 1 aromatic heterocycles. The van der Waals surface area contributed by atoms with Crippen LogP contribution in [0.4, 0.5) is 0 Å². The minimum Gasteiger partial charge on any atom is -0.326 e. The van der Waals surface area contributed by atoms with Crippen molar-refractivity contribution in [1.82, 2.24) is 14.9 Å². The Labute approximate surface area is 94.7 Å². The highest BCUT2D eigenvalue weighted by molar-refractivity contribution is 7.89. The molecule has 2 unspecified atom stereocenters. The Bertz CT molecular complexity index is 468. The van der Waals surface area contributed by atoms with Gasteiger partial charge in [0, 0.05) is 18.2 Å². The van der Waals surface area contributed by atoms with Gasteiger partial charge in [0.1, 0.15) is 0 Å². The van der Waals surface area contributed by atoms with Crippen LogP contribution >= 0.6 is 0 Å². The number of H-pyrrole nitrogens is 1. The van der Waals surface area contributed by atoms with Crippen LogP contribution in [0.2, 0.25) is 0 Å². The third kappa shape index (κ3) is 2.11. The topological polar surface area (TPSA) is 101 Å². The van der Waals surface area contributed by atoms with Crippen LogP contribution < -0.4 is 10.5 Å².